The van der Waals surface area contributed by atoms with Gasteiger partial charge in [-0.3, -0.25) is 9.59 Å². The first-order valence-electron chi connectivity index (χ1n) is 10.2. The van der Waals surface area contributed by atoms with Crippen LogP contribution in [0.15, 0.2) is 40.9 Å². The zero-order chi connectivity index (χ0) is 22.1. The number of benzene rings is 1. The number of aliphatic hydroxyl groups excluding tert-OH is 1. The molecule has 1 amide bonds. The molecule has 0 saturated carbocycles. The molecule has 30 heavy (non-hydrogen) atoms. The fourth-order valence-corrected chi connectivity index (χ4v) is 3.97. The van der Waals surface area contributed by atoms with Crippen molar-refractivity contribution in [3.05, 3.63) is 46.5 Å². The molecule has 0 radical (unpaired) electrons. The van der Waals surface area contributed by atoms with E-state index >= 15 is 0 Å². The Morgan fingerprint density at radius 3 is 2.73 bits per heavy atom. The Kier molecular flexibility index (Phi) is 9.42. The largest absolute Gasteiger partial charge is 0.481 e. The van der Waals surface area contributed by atoms with Gasteiger partial charge in [0.25, 0.3) is 0 Å². The number of aliphatic hydroxyl groups is 1. The minimum atomic E-state index is -3.45. The zero-order valence-corrected chi connectivity index (χ0v) is 18.4. The van der Waals surface area contributed by atoms with Crippen molar-refractivity contribution in [1.82, 2.24) is 4.90 Å². The maximum atomic E-state index is 14.6. The summed E-state index contributed by atoms with van der Waals surface area (Å²) < 4.78 is 29.7. The first kappa shape index (κ1) is 24.5. The van der Waals surface area contributed by atoms with E-state index in [1.54, 1.807) is 11.0 Å². The van der Waals surface area contributed by atoms with E-state index in [-0.39, 0.29) is 23.9 Å². The monoisotopic (exact) mass is 487 g/mol. The number of carbonyl (C=O) groups excluding carboxylic acids is 1. The van der Waals surface area contributed by atoms with Gasteiger partial charge in [-0.25, -0.2) is 0 Å². The van der Waals surface area contributed by atoms with Crippen LogP contribution in [0.25, 0.3) is 0 Å². The lowest BCUT2D eigenvalue weighted by atomic mass is 9.98. The molecule has 1 saturated heterocycles. The highest BCUT2D eigenvalue weighted by molar-refractivity contribution is 9.10. The molecule has 1 unspecified atom stereocenters. The number of carbonyl (C=O) groups is 2. The van der Waals surface area contributed by atoms with E-state index in [4.69, 9.17) is 5.11 Å². The van der Waals surface area contributed by atoms with Crippen molar-refractivity contribution in [3.8, 4) is 0 Å². The number of piperidine rings is 1. The molecular formula is C22H28BrF2NO4. The van der Waals surface area contributed by atoms with Crippen LogP contribution in [-0.4, -0.2) is 45.7 Å². The first-order valence-corrected chi connectivity index (χ1v) is 11.0. The molecule has 2 N–H and O–H groups in total. The Bertz CT molecular complexity index is 756. The van der Waals surface area contributed by atoms with Crippen LogP contribution < -0.4 is 0 Å². The van der Waals surface area contributed by atoms with E-state index < -0.39 is 18.0 Å². The quantitative estimate of drug-likeness (QED) is 0.344. The second-order valence-corrected chi connectivity index (χ2v) is 8.48. The van der Waals surface area contributed by atoms with Gasteiger partial charge in [-0.1, -0.05) is 53.1 Å². The Morgan fingerprint density at radius 1 is 1.30 bits per heavy atom. The fourth-order valence-electron chi connectivity index (χ4n) is 3.57. The smallest absolute Gasteiger partial charge is 0.303 e. The van der Waals surface area contributed by atoms with E-state index in [1.807, 2.05) is 0 Å². The van der Waals surface area contributed by atoms with Crippen molar-refractivity contribution in [2.24, 2.45) is 0 Å². The molecule has 5 nitrogen and oxygen atoms in total. The van der Waals surface area contributed by atoms with Gasteiger partial charge in [-0.2, -0.15) is 8.78 Å². The molecule has 0 aliphatic carbocycles. The summed E-state index contributed by atoms with van der Waals surface area (Å²) in [4.78, 5) is 24.5. The van der Waals surface area contributed by atoms with Crippen molar-refractivity contribution >= 4 is 27.8 Å². The minimum absolute atomic E-state index is 0.0188. The summed E-state index contributed by atoms with van der Waals surface area (Å²) in [6.07, 6.45) is 5.42. The maximum absolute atomic E-state index is 14.6. The Hall–Kier alpha value is -1.80. The SMILES string of the molecule is O=C(O)CCCCCCN1C(=O)CCC[C@@H]1/C=C/C(O)C(F)(F)c1cccc(Br)c1. The van der Waals surface area contributed by atoms with Gasteiger partial charge < -0.3 is 15.1 Å². The van der Waals surface area contributed by atoms with Crippen molar-refractivity contribution in [1.29, 1.82) is 0 Å². The first-order chi connectivity index (χ1) is 14.2. The zero-order valence-electron chi connectivity index (χ0n) is 16.8. The van der Waals surface area contributed by atoms with Crippen LogP contribution in [0.1, 0.15) is 56.9 Å². The molecule has 0 spiro atoms. The Labute approximate surface area is 183 Å². The number of hydrogen-bond donors (Lipinski definition) is 2. The minimum Gasteiger partial charge on any atom is -0.481 e. The molecule has 1 aromatic carbocycles. The Balaban J connectivity index is 1.95. The summed E-state index contributed by atoms with van der Waals surface area (Å²) in [5.74, 6) is -4.28. The van der Waals surface area contributed by atoms with Gasteiger partial charge in [0.1, 0.15) is 6.10 Å². The Morgan fingerprint density at radius 2 is 2.03 bits per heavy atom. The van der Waals surface area contributed by atoms with Gasteiger partial charge in [0.05, 0.1) is 6.04 Å². The molecule has 1 aliphatic heterocycles. The lowest BCUT2D eigenvalue weighted by Crippen LogP contribution is -2.43. The standard InChI is InChI=1S/C22H28BrF2NO4/c23-17-8-5-7-16(15-17)22(24,25)19(27)13-12-18-9-6-10-20(28)26(18)14-4-2-1-3-11-21(29)30/h5,7-8,12-13,15,18-19,27H,1-4,6,9-11,14H2,(H,29,30)/b13-12+/t18-,19?/m1/s1. The molecule has 1 aromatic rings. The van der Waals surface area contributed by atoms with E-state index in [9.17, 15) is 23.5 Å². The predicted octanol–water partition coefficient (Wildman–Crippen LogP) is 4.87. The number of carboxylic acids is 1. The molecule has 166 valence electrons. The lowest BCUT2D eigenvalue weighted by molar-refractivity contribution is -0.137. The summed E-state index contributed by atoms with van der Waals surface area (Å²) in [6.45, 7) is 0.499. The van der Waals surface area contributed by atoms with Crippen LogP contribution in [0.3, 0.4) is 0 Å². The summed E-state index contributed by atoms with van der Waals surface area (Å²) in [5, 5.41) is 18.8. The van der Waals surface area contributed by atoms with Gasteiger partial charge in [0, 0.05) is 29.4 Å². The van der Waals surface area contributed by atoms with Crippen LogP contribution in [0.5, 0.6) is 0 Å². The third-order valence-electron chi connectivity index (χ3n) is 5.25. The van der Waals surface area contributed by atoms with Crippen LogP contribution in [0.2, 0.25) is 0 Å². The predicted molar refractivity (Wildman–Crippen MR) is 113 cm³/mol. The van der Waals surface area contributed by atoms with Gasteiger partial charge in [0.15, 0.2) is 0 Å². The second kappa shape index (κ2) is 11.6. The van der Waals surface area contributed by atoms with Crippen molar-refractivity contribution in [3.63, 3.8) is 0 Å². The molecular weight excluding hydrogens is 460 g/mol. The summed E-state index contributed by atoms with van der Waals surface area (Å²) >= 11 is 3.16. The van der Waals surface area contributed by atoms with E-state index in [0.29, 0.717) is 36.7 Å². The number of hydrogen-bond acceptors (Lipinski definition) is 3. The number of likely N-dealkylation sites (tertiary alicyclic amines) is 1. The number of aliphatic carboxylic acids is 1. The highest BCUT2D eigenvalue weighted by Crippen LogP contribution is 2.34. The topological polar surface area (TPSA) is 77.8 Å². The van der Waals surface area contributed by atoms with E-state index in [1.165, 1.54) is 24.3 Å². The number of halogens is 3. The van der Waals surface area contributed by atoms with Gasteiger partial charge in [-0.05, 0) is 37.8 Å². The van der Waals surface area contributed by atoms with Gasteiger partial charge in [0.2, 0.25) is 5.91 Å². The van der Waals surface area contributed by atoms with E-state index in [0.717, 1.165) is 25.3 Å². The number of alkyl halides is 2. The molecule has 0 bridgehead atoms. The second-order valence-electron chi connectivity index (χ2n) is 7.57. The van der Waals surface area contributed by atoms with Crippen LogP contribution >= 0.6 is 15.9 Å². The number of rotatable bonds is 11. The third kappa shape index (κ3) is 7.16. The summed E-state index contributed by atoms with van der Waals surface area (Å²) in [6, 6.07) is 5.34. The normalized spacial score (nSPS) is 18.7. The maximum Gasteiger partial charge on any atom is 0.303 e. The van der Waals surface area contributed by atoms with Crippen LogP contribution in [-0.2, 0) is 15.5 Å². The van der Waals surface area contributed by atoms with E-state index in [2.05, 4.69) is 15.9 Å². The molecule has 1 heterocycles. The molecule has 2 atom stereocenters. The molecule has 1 fully saturated rings. The molecule has 8 heteroatoms. The van der Waals surface area contributed by atoms with Gasteiger partial charge in [-0.15, -0.1) is 0 Å². The third-order valence-corrected chi connectivity index (χ3v) is 5.74. The molecule has 2 rings (SSSR count). The van der Waals surface area contributed by atoms with Gasteiger partial charge >= 0.3 is 11.9 Å². The number of unbranched alkanes of at least 4 members (excludes halogenated alkanes) is 3. The summed E-state index contributed by atoms with van der Waals surface area (Å²) in [7, 11) is 0. The van der Waals surface area contributed by atoms with Crippen LogP contribution in [0.4, 0.5) is 8.78 Å². The highest BCUT2D eigenvalue weighted by Gasteiger charge is 2.39. The fraction of sp³-hybridized carbons (Fsp3) is 0.545. The number of carboxylic acid groups (broad SMARTS) is 1. The van der Waals surface area contributed by atoms with Crippen molar-refractivity contribution in [2.75, 3.05) is 6.54 Å². The van der Waals surface area contributed by atoms with Crippen molar-refractivity contribution in [2.45, 2.75) is 69.4 Å². The average molecular weight is 488 g/mol. The average Bonchev–Trinajstić information content (AvgIpc) is 2.69. The summed E-state index contributed by atoms with van der Waals surface area (Å²) in [5.41, 5.74) is -0.285. The molecule has 0 aromatic heterocycles. The molecule has 1 aliphatic rings. The van der Waals surface area contributed by atoms with Crippen LogP contribution in [0, 0.1) is 0 Å². The number of amides is 1. The number of nitrogens with zero attached hydrogens (tertiary/aromatic N) is 1. The lowest BCUT2D eigenvalue weighted by Gasteiger charge is -2.34. The highest BCUT2D eigenvalue weighted by atomic mass is 79.9. The van der Waals surface area contributed by atoms with Crippen molar-refractivity contribution < 1.29 is 28.6 Å².